The van der Waals surface area contributed by atoms with Crippen LogP contribution in [0.3, 0.4) is 0 Å². The van der Waals surface area contributed by atoms with E-state index in [4.69, 9.17) is 6.42 Å². The van der Waals surface area contributed by atoms with E-state index in [0.29, 0.717) is 6.42 Å². The smallest absolute Gasteiger partial charge is 0.245 e. The number of nitrogens with zero attached hydrogens (tertiary/aromatic N) is 1. The zero-order valence-electron chi connectivity index (χ0n) is 9.99. The highest BCUT2D eigenvalue weighted by Gasteiger charge is 2.38. The SMILES string of the molecule is C#CCC(CC)N1C(=O)C(C)NC(=O)C1C. The zero-order valence-corrected chi connectivity index (χ0v) is 9.99. The van der Waals surface area contributed by atoms with Crippen LogP contribution < -0.4 is 5.32 Å². The van der Waals surface area contributed by atoms with Gasteiger partial charge in [0.15, 0.2) is 0 Å². The van der Waals surface area contributed by atoms with Crippen molar-refractivity contribution in [1.29, 1.82) is 0 Å². The Morgan fingerprint density at radius 2 is 2.12 bits per heavy atom. The molecule has 3 atom stereocenters. The van der Waals surface area contributed by atoms with Crippen molar-refractivity contribution >= 4 is 11.8 Å². The maximum absolute atomic E-state index is 12.0. The topological polar surface area (TPSA) is 49.4 Å². The van der Waals surface area contributed by atoms with Crippen LogP contribution in [0.2, 0.25) is 0 Å². The van der Waals surface area contributed by atoms with Gasteiger partial charge in [-0.15, -0.1) is 12.3 Å². The molecule has 1 rings (SSSR count). The Morgan fingerprint density at radius 1 is 1.50 bits per heavy atom. The molecule has 2 amide bonds. The Hall–Kier alpha value is -1.50. The van der Waals surface area contributed by atoms with Gasteiger partial charge in [-0.1, -0.05) is 6.92 Å². The monoisotopic (exact) mass is 222 g/mol. The average molecular weight is 222 g/mol. The predicted octanol–water partition coefficient (Wildman–Crippen LogP) is 0.524. The number of carbonyl (C=O) groups excluding carboxylic acids is 2. The highest BCUT2D eigenvalue weighted by molar-refractivity contribution is 5.96. The first-order valence-corrected chi connectivity index (χ1v) is 5.58. The second-order valence-corrected chi connectivity index (χ2v) is 4.12. The highest BCUT2D eigenvalue weighted by atomic mass is 16.2. The van der Waals surface area contributed by atoms with E-state index < -0.39 is 12.1 Å². The summed E-state index contributed by atoms with van der Waals surface area (Å²) >= 11 is 0. The van der Waals surface area contributed by atoms with Gasteiger partial charge in [-0.25, -0.2) is 0 Å². The third-order valence-electron chi connectivity index (χ3n) is 3.00. The fourth-order valence-corrected chi connectivity index (χ4v) is 2.01. The Labute approximate surface area is 96.4 Å². The summed E-state index contributed by atoms with van der Waals surface area (Å²) in [6.07, 6.45) is 6.54. The van der Waals surface area contributed by atoms with Crippen LogP contribution in [0.1, 0.15) is 33.6 Å². The van der Waals surface area contributed by atoms with Crippen molar-refractivity contribution < 1.29 is 9.59 Å². The van der Waals surface area contributed by atoms with Crippen molar-refractivity contribution in [2.24, 2.45) is 0 Å². The molecule has 0 aromatic rings. The van der Waals surface area contributed by atoms with Crippen LogP contribution in [0.5, 0.6) is 0 Å². The number of carbonyl (C=O) groups is 2. The summed E-state index contributed by atoms with van der Waals surface area (Å²) in [6.45, 7) is 5.40. The fourth-order valence-electron chi connectivity index (χ4n) is 2.01. The molecular formula is C12H18N2O2. The van der Waals surface area contributed by atoms with Gasteiger partial charge in [0.1, 0.15) is 12.1 Å². The molecule has 4 nitrogen and oxygen atoms in total. The minimum Gasteiger partial charge on any atom is -0.343 e. The summed E-state index contributed by atoms with van der Waals surface area (Å²) in [5, 5.41) is 2.65. The van der Waals surface area contributed by atoms with Crippen LogP contribution in [-0.4, -0.2) is 34.8 Å². The van der Waals surface area contributed by atoms with Gasteiger partial charge in [-0.05, 0) is 20.3 Å². The molecule has 1 aliphatic heterocycles. The first-order chi connectivity index (χ1) is 7.52. The molecule has 4 heteroatoms. The van der Waals surface area contributed by atoms with Gasteiger partial charge in [0, 0.05) is 12.5 Å². The predicted molar refractivity (Wildman–Crippen MR) is 61.4 cm³/mol. The van der Waals surface area contributed by atoms with Crippen LogP contribution in [-0.2, 0) is 9.59 Å². The number of piperazine rings is 1. The Morgan fingerprint density at radius 3 is 2.62 bits per heavy atom. The minimum absolute atomic E-state index is 0.0407. The maximum atomic E-state index is 12.0. The van der Waals surface area contributed by atoms with Crippen molar-refractivity contribution in [3.63, 3.8) is 0 Å². The van der Waals surface area contributed by atoms with Gasteiger partial charge >= 0.3 is 0 Å². The highest BCUT2D eigenvalue weighted by Crippen LogP contribution is 2.17. The molecule has 3 unspecified atom stereocenters. The summed E-state index contributed by atoms with van der Waals surface area (Å²) in [7, 11) is 0. The van der Waals surface area contributed by atoms with E-state index in [0.717, 1.165) is 6.42 Å². The van der Waals surface area contributed by atoms with Crippen LogP contribution in [0.15, 0.2) is 0 Å². The molecule has 0 aromatic heterocycles. The minimum atomic E-state index is -0.449. The number of hydrogen-bond donors (Lipinski definition) is 1. The standard InChI is InChI=1S/C12H18N2O2/c1-5-7-10(6-2)14-9(4)11(15)13-8(3)12(14)16/h1,8-10H,6-7H2,2-4H3,(H,13,15). The lowest BCUT2D eigenvalue weighted by Crippen LogP contribution is -2.63. The summed E-state index contributed by atoms with van der Waals surface area (Å²) < 4.78 is 0. The van der Waals surface area contributed by atoms with Gasteiger partial charge in [0.25, 0.3) is 0 Å². The quantitative estimate of drug-likeness (QED) is 0.708. The van der Waals surface area contributed by atoms with Gasteiger partial charge in [0.2, 0.25) is 11.8 Å². The van der Waals surface area contributed by atoms with Gasteiger partial charge in [0.05, 0.1) is 0 Å². The van der Waals surface area contributed by atoms with Crippen LogP contribution in [0, 0.1) is 12.3 Å². The van der Waals surface area contributed by atoms with Gasteiger partial charge in [-0.2, -0.15) is 0 Å². The number of terminal acetylenes is 1. The summed E-state index contributed by atoms with van der Waals surface area (Å²) in [4.78, 5) is 25.3. The van der Waals surface area contributed by atoms with Crippen LogP contribution in [0.25, 0.3) is 0 Å². The number of amides is 2. The van der Waals surface area contributed by atoms with Crippen molar-refractivity contribution in [1.82, 2.24) is 10.2 Å². The van der Waals surface area contributed by atoms with E-state index in [9.17, 15) is 9.59 Å². The second kappa shape index (κ2) is 5.02. The first kappa shape index (κ1) is 12.6. The first-order valence-electron chi connectivity index (χ1n) is 5.58. The molecule has 0 aliphatic carbocycles. The largest absolute Gasteiger partial charge is 0.343 e. The van der Waals surface area contributed by atoms with Gasteiger partial charge < -0.3 is 10.2 Å². The second-order valence-electron chi connectivity index (χ2n) is 4.12. The molecule has 0 saturated carbocycles. The van der Waals surface area contributed by atoms with Crippen molar-refractivity contribution in [3.8, 4) is 12.3 Å². The van der Waals surface area contributed by atoms with Crippen molar-refractivity contribution in [3.05, 3.63) is 0 Å². The van der Waals surface area contributed by atoms with Gasteiger partial charge in [-0.3, -0.25) is 9.59 Å². The van der Waals surface area contributed by atoms with Crippen LogP contribution >= 0.6 is 0 Å². The van der Waals surface area contributed by atoms with Crippen molar-refractivity contribution in [2.45, 2.75) is 51.7 Å². The third kappa shape index (κ3) is 2.19. The molecule has 1 fully saturated rings. The summed E-state index contributed by atoms with van der Waals surface area (Å²) in [5.41, 5.74) is 0. The summed E-state index contributed by atoms with van der Waals surface area (Å²) in [5.74, 6) is 2.41. The lowest BCUT2D eigenvalue weighted by molar-refractivity contribution is -0.150. The number of hydrogen-bond acceptors (Lipinski definition) is 2. The molecule has 0 radical (unpaired) electrons. The molecule has 1 N–H and O–H groups in total. The molecule has 0 aromatic carbocycles. The zero-order chi connectivity index (χ0) is 12.3. The molecule has 0 spiro atoms. The Balaban J connectivity index is 2.93. The maximum Gasteiger partial charge on any atom is 0.245 e. The third-order valence-corrected chi connectivity index (χ3v) is 3.00. The molecular weight excluding hydrogens is 204 g/mol. The molecule has 16 heavy (non-hydrogen) atoms. The molecule has 1 heterocycles. The van der Waals surface area contributed by atoms with E-state index in [1.165, 1.54) is 0 Å². The molecule has 88 valence electrons. The van der Waals surface area contributed by atoms with Crippen LogP contribution in [0.4, 0.5) is 0 Å². The number of rotatable bonds is 3. The molecule has 1 aliphatic rings. The average Bonchev–Trinajstić information content (AvgIpc) is 2.25. The molecule has 0 bridgehead atoms. The van der Waals surface area contributed by atoms with E-state index in [1.54, 1.807) is 18.7 Å². The van der Waals surface area contributed by atoms with E-state index in [2.05, 4.69) is 11.2 Å². The lowest BCUT2D eigenvalue weighted by Gasteiger charge is -2.40. The van der Waals surface area contributed by atoms with E-state index in [1.807, 2.05) is 6.92 Å². The number of nitrogens with one attached hydrogen (secondary N) is 1. The van der Waals surface area contributed by atoms with E-state index >= 15 is 0 Å². The lowest BCUT2D eigenvalue weighted by atomic mass is 10.0. The fraction of sp³-hybridized carbons (Fsp3) is 0.667. The molecule has 1 saturated heterocycles. The Bertz CT molecular complexity index is 332. The Kier molecular flexibility index (Phi) is 3.94. The normalized spacial score (nSPS) is 27.2. The van der Waals surface area contributed by atoms with Crippen molar-refractivity contribution in [2.75, 3.05) is 0 Å². The van der Waals surface area contributed by atoms with E-state index in [-0.39, 0.29) is 17.9 Å². The summed E-state index contributed by atoms with van der Waals surface area (Å²) in [6, 6.07) is -0.918.